The van der Waals surface area contributed by atoms with Gasteiger partial charge in [-0.05, 0) is 12.1 Å². The zero-order chi connectivity index (χ0) is 10.7. The molecule has 2 aromatic rings. The molecule has 0 aliphatic rings. The van der Waals surface area contributed by atoms with Crippen molar-refractivity contribution in [3.63, 3.8) is 0 Å². The Morgan fingerprint density at radius 1 is 1.33 bits per heavy atom. The molecule has 0 radical (unpaired) electrons. The van der Waals surface area contributed by atoms with Crippen LogP contribution in [0.4, 0.5) is 0 Å². The minimum absolute atomic E-state index is 0.131. The summed E-state index contributed by atoms with van der Waals surface area (Å²) in [6.07, 6.45) is 1.72. The highest BCUT2D eigenvalue weighted by Gasteiger charge is 2.09. The monoisotopic (exact) mass is 204 g/mol. The highest BCUT2D eigenvalue weighted by atomic mass is 16.3. The molecule has 1 aromatic heterocycles. The van der Waals surface area contributed by atoms with Crippen molar-refractivity contribution >= 4 is 0 Å². The van der Waals surface area contributed by atoms with Gasteiger partial charge in [0.15, 0.2) is 0 Å². The summed E-state index contributed by atoms with van der Waals surface area (Å²) in [7, 11) is 0. The number of para-hydroxylation sites is 1. The fourth-order valence-corrected chi connectivity index (χ4v) is 1.25. The first-order valence-corrected chi connectivity index (χ1v) is 4.65. The summed E-state index contributed by atoms with van der Waals surface area (Å²) in [5.41, 5.74) is 7.12. The fourth-order valence-electron chi connectivity index (χ4n) is 1.25. The van der Waals surface area contributed by atoms with Crippen molar-refractivity contribution in [2.45, 2.75) is 6.04 Å². The minimum atomic E-state index is -0.470. The molecule has 0 aliphatic carbocycles. The van der Waals surface area contributed by atoms with Crippen LogP contribution < -0.4 is 5.73 Å². The molecule has 5 nitrogen and oxygen atoms in total. The van der Waals surface area contributed by atoms with E-state index < -0.39 is 6.04 Å². The zero-order valence-electron chi connectivity index (χ0n) is 8.11. The van der Waals surface area contributed by atoms with E-state index in [0.29, 0.717) is 5.69 Å². The van der Waals surface area contributed by atoms with Gasteiger partial charge in [0.2, 0.25) is 0 Å². The van der Waals surface area contributed by atoms with Crippen LogP contribution in [-0.4, -0.2) is 26.7 Å². The number of aliphatic hydroxyl groups excluding tert-OH is 1. The third-order valence-corrected chi connectivity index (χ3v) is 2.11. The molecule has 0 amide bonds. The van der Waals surface area contributed by atoms with E-state index in [-0.39, 0.29) is 6.61 Å². The van der Waals surface area contributed by atoms with Gasteiger partial charge in [0, 0.05) is 0 Å². The Morgan fingerprint density at radius 2 is 2.07 bits per heavy atom. The largest absolute Gasteiger partial charge is 0.394 e. The molecule has 1 aromatic carbocycles. The average molecular weight is 204 g/mol. The lowest BCUT2D eigenvalue weighted by molar-refractivity contribution is 0.266. The van der Waals surface area contributed by atoms with Crippen LogP contribution in [0.2, 0.25) is 0 Å². The molecule has 0 bridgehead atoms. The van der Waals surface area contributed by atoms with Crippen LogP contribution in [0.3, 0.4) is 0 Å². The Balaban J connectivity index is 2.28. The highest BCUT2D eigenvalue weighted by Crippen LogP contribution is 2.09. The predicted molar refractivity (Wildman–Crippen MR) is 55.4 cm³/mol. The van der Waals surface area contributed by atoms with E-state index in [2.05, 4.69) is 10.3 Å². The van der Waals surface area contributed by atoms with Gasteiger partial charge in [-0.2, -0.15) is 0 Å². The minimum Gasteiger partial charge on any atom is -0.394 e. The summed E-state index contributed by atoms with van der Waals surface area (Å²) in [5.74, 6) is 0. The summed E-state index contributed by atoms with van der Waals surface area (Å²) in [6.45, 7) is -0.131. The molecule has 1 heterocycles. The van der Waals surface area contributed by atoms with Gasteiger partial charge in [0.05, 0.1) is 24.5 Å². The first kappa shape index (κ1) is 9.82. The maximum absolute atomic E-state index is 8.87. The van der Waals surface area contributed by atoms with Gasteiger partial charge in [0.25, 0.3) is 0 Å². The number of hydrogen-bond donors (Lipinski definition) is 2. The summed E-state index contributed by atoms with van der Waals surface area (Å²) < 4.78 is 1.63. The van der Waals surface area contributed by atoms with Crippen molar-refractivity contribution in [3.05, 3.63) is 42.2 Å². The van der Waals surface area contributed by atoms with E-state index in [9.17, 15) is 0 Å². The van der Waals surface area contributed by atoms with E-state index in [1.807, 2.05) is 30.3 Å². The van der Waals surface area contributed by atoms with Crippen LogP contribution in [0.25, 0.3) is 5.69 Å². The van der Waals surface area contributed by atoms with Gasteiger partial charge in [-0.15, -0.1) is 5.10 Å². The Labute approximate surface area is 87.1 Å². The van der Waals surface area contributed by atoms with Crippen LogP contribution in [0.5, 0.6) is 0 Å². The molecule has 78 valence electrons. The fraction of sp³-hybridized carbons (Fsp3) is 0.200. The van der Waals surface area contributed by atoms with Crippen LogP contribution in [0, 0.1) is 0 Å². The lowest BCUT2D eigenvalue weighted by Gasteiger charge is -2.01. The Hall–Kier alpha value is -1.72. The lowest BCUT2D eigenvalue weighted by atomic mass is 10.2. The lowest BCUT2D eigenvalue weighted by Crippen LogP contribution is -2.14. The highest BCUT2D eigenvalue weighted by molar-refractivity contribution is 5.30. The van der Waals surface area contributed by atoms with Gasteiger partial charge >= 0.3 is 0 Å². The van der Waals surface area contributed by atoms with Crippen molar-refractivity contribution in [1.82, 2.24) is 15.0 Å². The number of hydrogen-bond acceptors (Lipinski definition) is 4. The molecular weight excluding hydrogens is 192 g/mol. The third kappa shape index (κ3) is 2.03. The summed E-state index contributed by atoms with van der Waals surface area (Å²) in [6, 6.07) is 9.14. The molecule has 3 N–H and O–H groups in total. The Bertz CT molecular complexity index is 426. The van der Waals surface area contributed by atoms with Crippen LogP contribution in [0.15, 0.2) is 36.5 Å². The maximum atomic E-state index is 8.87. The smallest absolute Gasteiger partial charge is 0.102 e. The molecule has 0 aliphatic heterocycles. The van der Waals surface area contributed by atoms with Gasteiger partial charge in [0.1, 0.15) is 5.69 Å². The van der Waals surface area contributed by atoms with E-state index in [0.717, 1.165) is 5.69 Å². The number of rotatable bonds is 3. The predicted octanol–water partition coefficient (Wildman–Crippen LogP) is 0.259. The first-order valence-electron chi connectivity index (χ1n) is 4.65. The molecule has 1 atom stereocenters. The average Bonchev–Trinajstić information content (AvgIpc) is 2.78. The van der Waals surface area contributed by atoms with Gasteiger partial charge in [-0.3, -0.25) is 0 Å². The second-order valence-electron chi connectivity index (χ2n) is 3.21. The molecule has 0 saturated heterocycles. The Morgan fingerprint density at radius 3 is 2.73 bits per heavy atom. The van der Waals surface area contributed by atoms with Crippen molar-refractivity contribution in [3.8, 4) is 5.69 Å². The van der Waals surface area contributed by atoms with E-state index in [1.165, 1.54) is 0 Å². The summed E-state index contributed by atoms with van der Waals surface area (Å²) in [4.78, 5) is 0. The molecule has 0 saturated carbocycles. The SMILES string of the molecule is N[C@@H](CO)c1cn(-c2ccccc2)nn1. The van der Waals surface area contributed by atoms with Gasteiger partial charge in [-0.1, -0.05) is 23.4 Å². The number of nitrogens with two attached hydrogens (primary N) is 1. The second kappa shape index (κ2) is 4.20. The molecule has 0 fully saturated rings. The standard InChI is InChI=1S/C10H12N4O/c11-9(7-15)10-6-14(13-12-10)8-4-2-1-3-5-8/h1-6,9,15H,7,11H2/t9-/m0/s1. The topological polar surface area (TPSA) is 77.0 Å². The van der Waals surface area contributed by atoms with E-state index in [4.69, 9.17) is 10.8 Å². The maximum Gasteiger partial charge on any atom is 0.102 e. The third-order valence-electron chi connectivity index (χ3n) is 2.11. The quantitative estimate of drug-likeness (QED) is 0.751. The zero-order valence-corrected chi connectivity index (χ0v) is 8.11. The summed E-state index contributed by atoms with van der Waals surface area (Å²) >= 11 is 0. The molecule has 2 rings (SSSR count). The molecule has 0 spiro atoms. The van der Waals surface area contributed by atoms with Gasteiger partial charge < -0.3 is 10.8 Å². The Kier molecular flexibility index (Phi) is 2.75. The number of nitrogens with zero attached hydrogens (tertiary/aromatic N) is 3. The molecule has 15 heavy (non-hydrogen) atoms. The van der Waals surface area contributed by atoms with Crippen LogP contribution >= 0.6 is 0 Å². The number of benzene rings is 1. The molecular formula is C10H12N4O. The van der Waals surface area contributed by atoms with Crippen LogP contribution in [-0.2, 0) is 0 Å². The van der Waals surface area contributed by atoms with Crippen LogP contribution in [0.1, 0.15) is 11.7 Å². The normalized spacial score (nSPS) is 12.7. The van der Waals surface area contributed by atoms with Crippen molar-refractivity contribution in [2.75, 3.05) is 6.61 Å². The summed E-state index contributed by atoms with van der Waals surface area (Å²) in [5, 5.41) is 16.7. The molecule has 5 heteroatoms. The van der Waals surface area contributed by atoms with Gasteiger partial charge in [-0.25, -0.2) is 4.68 Å². The van der Waals surface area contributed by atoms with Crippen molar-refractivity contribution in [1.29, 1.82) is 0 Å². The second-order valence-corrected chi connectivity index (χ2v) is 3.21. The molecule has 0 unspecified atom stereocenters. The van der Waals surface area contributed by atoms with E-state index in [1.54, 1.807) is 10.9 Å². The number of aliphatic hydroxyl groups is 1. The van der Waals surface area contributed by atoms with Crippen molar-refractivity contribution in [2.24, 2.45) is 5.73 Å². The van der Waals surface area contributed by atoms with E-state index >= 15 is 0 Å². The first-order chi connectivity index (χ1) is 7.31. The van der Waals surface area contributed by atoms with Crippen molar-refractivity contribution < 1.29 is 5.11 Å². The number of aromatic nitrogens is 3.